The molecule has 1 aliphatic carbocycles. The number of Topliss-reactive ketones (excluding diaryl/α,β-unsaturated/α-hetero) is 1. The maximum atomic E-state index is 13.8. The van der Waals surface area contributed by atoms with Gasteiger partial charge in [0.25, 0.3) is 0 Å². The number of hydrogen-bond acceptors (Lipinski definition) is 6. The van der Waals surface area contributed by atoms with Gasteiger partial charge in [-0.05, 0) is 73.6 Å². The largest absolute Gasteiger partial charge is 0.494 e. The van der Waals surface area contributed by atoms with E-state index in [4.69, 9.17) is 9.47 Å². The van der Waals surface area contributed by atoms with Crippen molar-refractivity contribution in [1.82, 2.24) is 4.31 Å². The number of methoxy groups -OCH3 is 1. The molecule has 176 valence electrons. The number of carbonyl (C=O) groups excluding carboxylic acids is 2. The number of esters is 1. The molecule has 0 bridgehead atoms. The van der Waals surface area contributed by atoms with Gasteiger partial charge in [0.2, 0.25) is 10.0 Å². The van der Waals surface area contributed by atoms with Gasteiger partial charge in [0.15, 0.2) is 24.0 Å². The summed E-state index contributed by atoms with van der Waals surface area (Å²) in [5.41, 5.74) is 2.38. The molecule has 0 saturated carbocycles. The first-order chi connectivity index (χ1) is 15.8. The molecule has 7 nitrogen and oxygen atoms in total. The van der Waals surface area contributed by atoms with Gasteiger partial charge in [0.05, 0.1) is 17.9 Å². The third kappa shape index (κ3) is 4.94. The van der Waals surface area contributed by atoms with E-state index < -0.39 is 40.1 Å². The molecule has 1 heterocycles. The van der Waals surface area contributed by atoms with Crippen LogP contribution in [0.25, 0.3) is 0 Å². The van der Waals surface area contributed by atoms with Crippen LogP contribution >= 0.6 is 0 Å². The summed E-state index contributed by atoms with van der Waals surface area (Å²) in [6.45, 7) is -0.0914. The molecule has 9 heteroatoms. The van der Waals surface area contributed by atoms with Crippen molar-refractivity contribution in [3.8, 4) is 5.75 Å². The van der Waals surface area contributed by atoms with Gasteiger partial charge in [0, 0.05) is 18.7 Å². The number of piperidine rings is 1. The Hall–Kier alpha value is -2.78. The normalized spacial score (nSPS) is 16.9. The summed E-state index contributed by atoms with van der Waals surface area (Å²) in [5, 5.41) is 0. The summed E-state index contributed by atoms with van der Waals surface area (Å²) in [7, 11) is -2.30. The summed E-state index contributed by atoms with van der Waals surface area (Å²) in [5.74, 6) is -2.22. The third-order valence-corrected chi connectivity index (χ3v) is 8.21. The Morgan fingerprint density at radius 3 is 2.48 bits per heavy atom. The molecule has 1 saturated heterocycles. The van der Waals surface area contributed by atoms with Crippen LogP contribution in [0.5, 0.6) is 5.75 Å². The van der Waals surface area contributed by atoms with Crippen molar-refractivity contribution >= 4 is 21.8 Å². The quantitative estimate of drug-likeness (QED) is 0.452. The number of carbonyl (C=O) groups is 2. The van der Waals surface area contributed by atoms with Gasteiger partial charge in [-0.25, -0.2) is 12.8 Å². The Morgan fingerprint density at radius 2 is 1.79 bits per heavy atom. The zero-order valence-electron chi connectivity index (χ0n) is 18.4. The number of hydrogen-bond donors (Lipinski definition) is 0. The second kappa shape index (κ2) is 9.61. The zero-order valence-corrected chi connectivity index (χ0v) is 19.2. The van der Waals surface area contributed by atoms with Crippen LogP contribution in [0.1, 0.15) is 40.7 Å². The van der Waals surface area contributed by atoms with Gasteiger partial charge in [-0.1, -0.05) is 6.07 Å². The molecule has 4 rings (SSSR count). The number of halogens is 1. The summed E-state index contributed by atoms with van der Waals surface area (Å²) < 4.78 is 51.2. The first kappa shape index (κ1) is 23.4. The first-order valence-electron chi connectivity index (χ1n) is 10.9. The van der Waals surface area contributed by atoms with Crippen LogP contribution in [-0.2, 0) is 32.4 Å². The maximum absolute atomic E-state index is 13.8. The van der Waals surface area contributed by atoms with E-state index in [2.05, 4.69) is 0 Å². The minimum atomic E-state index is -3.62. The highest BCUT2D eigenvalue weighted by molar-refractivity contribution is 7.89. The molecule has 2 aromatic rings. The van der Waals surface area contributed by atoms with Gasteiger partial charge in [-0.15, -0.1) is 0 Å². The summed E-state index contributed by atoms with van der Waals surface area (Å²) in [6, 6.07) is 9.10. The monoisotopic (exact) mass is 475 g/mol. The number of aryl methyl sites for hydroxylation is 2. The van der Waals surface area contributed by atoms with E-state index in [9.17, 15) is 22.4 Å². The average Bonchev–Trinajstić information content (AvgIpc) is 3.30. The SMILES string of the molecule is COc1ccc(C(=O)COC(=O)C2CCN(S(=O)(=O)c3ccc4c(c3)CCC4)CC2)cc1F. The van der Waals surface area contributed by atoms with E-state index in [-0.39, 0.29) is 24.4 Å². The van der Waals surface area contributed by atoms with Crippen molar-refractivity contribution in [2.24, 2.45) is 5.92 Å². The number of rotatable bonds is 7. The molecule has 0 amide bonds. The number of benzene rings is 2. The molecule has 1 aliphatic heterocycles. The highest BCUT2D eigenvalue weighted by Gasteiger charge is 2.33. The Labute approximate surface area is 192 Å². The molecule has 0 atom stereocenters. The molecule has 2 aromatic carbocycles. The molecule has 33 heavy (non-hydrogen) atoms. The lowest BCUT2D eigenvalue weighted by Crippen LogP contribution is -2.40. The van der Waals surface area contributed by atoms with Gasteiger partial charge in [-0.2, -0.15) is 4.31 Å². The van der Waals surface area contributed by atoms with E-state index in [1.54, 1.807) is 12.1 Å². The molecule has 0 spiro atoms. The molecule has 0 N–H and O–H groups in total. The van der Waals surface area contributed by atoms with Crippen molar-refractivity contribution in [2.45, 2.75) is 37.0 Å². The highest BCUT2D eigenvalue weighted by Crippen LogP contribution is 2.29. The molecule has 2 aliphatic rings. The number of fused-ring (bicyclic) bond motifs is 1. The molecule has 0 aromatic heterocycles. The number of ketones is 1. The lowest BCUT2D eigenvalue weighted by Gasteiger charge is -2.30. The van der Waals surface area contributed by atoms with Gasteiger partial charge in [0.1, 0.15) is 0 Å². The van der Waals surface area contributed by atoms with Crippen molar-refractivity contribution in [2.75, 3.05) is 26.8 Å². The number of sulfonamides is 1. The van der Waals surface area contributed by atoms with Gasteiger partial charge < -0.3 is 9.47 Å². The summed E-state index contributed by atoms with van der Waals surface area (Å²) >= 11 is 0. The van der Waals surface area contributed by atoms with E-state index in [0.29, 0.717) is 17.7 Å². The predicted molar refractivity (Wildman–Crippen MR) is 118 cm³/mol. The highest BCUT2D eigenvalue weighted by atomic mass is 32.2. The second-order valence-corrected chi connectivity index (χ2v) is 10.3. The van der Waals surface area contributed by atoms with Gasteiger partial charge >= 0.3 is 5.97 Å². The fraction of sp³-hybridized carbons (Fsp3) is 0.417. The molecular formula is C24H26FNO6S. The molecule has 0 radical (unpaired) electrons. The molecular weight excluding hydrogens is 449 g/mol. The predicted octanol–water partition coefficient (Wildman–Crippen LogP) is 3.15. The van der Waals surface area contributed by atoms with Crippen LogP contribution in [0, 0.1) is 11.7 Å². The fourth-order valence-electron chi connectivity index (χ4n) is 4.37. The summed E-state index contributed by atoms with van der Waals surface area (Å²) in [4.78, 5) is 24.9. The van der Waals surface area contributed by atoms with E-state index >= 15 is 0 Å². The summed E-state index contributed by atoms with van der Waals surface area (Å²) in [6.07, 6.45) is 3.55. The Bertz CT molecular complexity index is 1170. The first-order valence-corrected chi connectivity index (χ1v) is 12.4. The van der Waals surface area contributed by atoms with Crippen molar-refractivity contribution in [3.63, 3.8) is 0 Å². The third-order valence-electron chi connectivity index (χ3n) is 6.31. The van der Waals surface area contributed by atoms with Crippen molar-refractivity contribution in [3.05, 3.63) is 58.9 Å². The van der Waals surface area contributed by atoms with Crippen LogP contribution in [0.15, 0.2) is 41.3 Å². The van der Waals surface area contributed by atoms with Crippen molar-refractivity contribution in [1.29, 1.82) is 0 Å². The van der Waals surface area contributed by atoms with Gasteiger partial charge in [-0.3, -0.25) is 9.59 Å². The van der Waals surface area contributed by atoms with E-state index in [0.717, 1.165) is 30.9 Å². The van der Waals surface area contributed by atoms with Crippen LogP contribution in [0.2, 0.25) is 0 Å². The zero-order chi connectivity index (χ0) is 23.6. The maximum Gasteiger partial charge on any atom is 0.309 e. The lowest BCUT2D eigenvalue weighted by atomic mass is 9.98. The fourth-order valence-corrected chi connectivity index (χ4v) is 5.89. The number of nitrogens with zero attached hydrogens (tertiary/aromatic N) is 1. The Balaban J connectivity index is 1.30. The topological polar surface area (TPSA) is 90.0 Å². The number of ether oxygens (including phenoxy) is 2. The second-order valence-electron chi connectivity index (χ2n) is 8.34. The Kier molecular flexibility index (Phi) is 6.81. The van der Waals surface area contributed by atoms with Crippen LogP contribution in [0.4, 0.5) is 4.39 Å². The average molecular weight is 476 g/mol. The van der Waals surface area contributed by atoms with E-state index in [1.165, 1.54) is 29.1 Å². The van der Waals surface area contributed by atoms with E-state index in [1.807, 2.05) is 6.07 Å². The van der Waals surface area contributed by atoms with Crippen molar-refractivity contribution < 1.29 is 31.9 Å². The standard InChI is InChI=1S/C24H26FNO6S/c1-31-23-8-6-19(14-21(23)25)22(27)15-32-24(28)17-9-11-26(12-10-17)33(29,30)20-7-5-16-3-2-4-18(16)13-20/h5-8,13-14,17H,2-4,9-12,15H2,1H3. The van der Waals surface area contributed by atoms with Crippen LogP contribution in [-0.4, -0.2) is 51.3 Å². The molecule has 1 fully saturated rings. The Morgan fingerprint density at radius 1 is 1.06 bits per heavy atom. The lowest BCUT2D eigenvalue weighted by molar-refractivity contribution is -0.148. The molecule has 0 unspecified atom stereocenters. The minimum absolute atomic E-state index is 0.0187. The minimum Gasteiger partial charge on any atom is -0.494 e. The van der Waals surface area contributed by atoms with Crippen LogP contribution in [0.3, 0.4) is 0 Å². The smallest absolute Gasteiger partial charge is 0.309 e. The van der Waals surface area contributed by atoms with Crippen LogP contribution < -0.4 is 4.74 Å².